The van der Waals surface area contributed by atoms with Crippen LogP contribution in [0.5, 0.6) is 0 Å². The van der Waals surface area contributed by atoms with Crippen LogP contribution >= 0.6 is 22.9 Å². The Morgan fingerprint density at radius 1 is 1.44 bits per heavy atom. The molecule has 1 aromatic heterocycles. The molecule has 0 saturated carbocycles. The molecule has 0 bridgehead atoms. The molecule has 6 rings (SSSR count). The van der Waals surface area contributed by atoms with E-state index < -0.39 is 17.8 Å². The Kier molecular flexibility index (Phi) is 5.27. The van der Waals surface area contributed by atoms with Gasteiger partial charge in [-0.2, -0.15) is 0 Å². The first kappa shape index (κ1) is 22.1. The van der Waals surface area contributed by atoms with Crippen molar-refractivity contribution < 1.29 is 18.7 Å². The zero-order valence-corrected chi connectivity index (χ0v) is 20.2. The number of piperazine rings is 1. The van der Waals surface area contributed by atoms with Crippen LogP contribution in [0, 0.1) is 5.82 Å². The number of thiazole rings is 1. The SMILES string of the molecule is COC(=O)C1=C(CN2C3COCC34C2CN4C)NC(c2nccs2)=N[C@H]1c1ccc(F)cc1Cl. The number of nitrogens with one attached hydrogen (secondary N) is 1. The quantitative estimate of drug-likeness (QED) is 0.627. The Morgan fingerprint density at radius 3 is 3.00 bits per heavy atom. The van der Waals surface area contributed by atoms with Crippen molar-refractivity contribution in [1.82, 2.24) is 20.1 Å². The number of likely N-dealkylation sites (tertiary alicyclic amines) is 2. The van der Waals surface area contributed by atoms with Gasteiger partial charge in [0.25, 0.3) is 0 Å². The highest BCUT2D eigenvalue weighted by Crippen LogP contribution is 2.52. The summed E-state index contributed by atoms with van der Waals surface area (Å²) >= 11 is 7.87. The molecule has 0 amide bonds. The molecule has 4 aliphatic heterocycles. The maximum atomic E-state index is 13.8. The third-order valence-electron chi connectivity index (χ3n) is 7.49. The van der Waals surface area contributed by atoms with Crippen molar-refractivity contribution in [2.75, 3.05) is 40.5 Å². The van der Waals surface area contributed by atoms with E-state index in [0.29, 0.717) is 46.9 Å². The van der Waals surface area contributed by atoms with E-state index in [2.05, 4.69) is 27.1 Å². The molecule has 0 aliphatic carbocycles. The van der Waals surface area contributed by atoms with Crippen LogP contribution in [0.1, 0.15) is 16.6 Å². The summed E-state index contributed by atoms with van der Waals surface area (Å²) < 4.78 is 24.8. The number of likely N-dealkylation sites (N-methyl/N-ethyl adjacent to an activating group) is 1. The predicted molar refractivity (Wildman–Crippen MR) is 125 cm³/mol. The number of hydrogen-bond acceptors (Lipinski definition) is 9. The van der Waals surface area contributed by atoms with Crippen LogP contribution in [0.25, 0.3) is 0 Å². The minimum Gasteiger partial charge on any atom is -0.466 e. The zero-order chi connectivity index (χ0) is 23.6. The number of carbonyl (C=O) groups excluding carboxylic acids is 1. The van der Waals surface area contributed by atoms with Crippen molar-refractivity contribution in [3.8, 4) is 0 Å². The second kappa shape index (κ2) is 8.10. The van der Waals surface area contributed by atoms with E-state index in [1.165, 1.54) is 30.6 Å². The van der Waals surface area contributed by atoms with Crippen LogP contribution in [0.4, 0.5) is 4.39 Å². The molecule has 5 heterocycles. The van der Waals surface area contributed by atoms with Crippen LogP contribution in [0.3, 0.4) is 0 Å². The summed E-state index contributed by atoms with van der Waals surface area (Å²) in [6, 6.07) is 3.96. The maximum Gasteiger partial charge on any atom is 0.338 e. The molecular weight excluding hydrogens is 481 g/mol. The van der Waals surface area contributed by atoms with E-state index in [1.807, 2.05) is 5.38 Å². The Bertz CT molecular complexity index is 1220. The molecule has 34 heavy (non-hydrogen) atoms. The molecule has 1 aromatic carbocycles. The van der Waals surface area contributed by atoms with E-state index in [0.717, 1.165) is 13.2 Å². The third kappa shape index (κ3) is 3.09. The average molecular weight is 504 g/mol. The lowest BCUT2D eigenvalue weighted by Gasteiger charge is -2.71. The van der Waals surface area contributed by atoms with Crippen LogP contribution in [0.15, 0.2) is 46.0 Å². The average Bonchev–Trinajstić information content (AvgIpc) is 3.50. The summed E-state index contributed by atoms with van der Waals surface area (Å²) in [6.45, 7) is 2.83. The molecule has 1 spiro atoms. The number of methoxy groups -OCH3 is 1. The number of aromatic nitrogens is 1. The smallest absolute Gasteiger partial charge is 0.338 e. The van der Waals surface area contributed by atoms with Crippen LogP contribution < -0.4 is 5.32 Å². The van der Waals surface area contributed by atoms with E-state index in [-0.39, 0.29) is 16.6 Å². The number of amidine groups is 1. The van der Waals surface area contributed by atoms with Gasteiger partial charge in [-0.3, -0.25) is 14.8 Å². The maximum absolute atomic E-state index is 13.8. The van der Waals surface area contributed by atoms with Gasteiger partial charge in [0.2, 0.25) is 0 Å². The summed E-state index contributed by atoms with van der Waals surface area (Å²) in [5.74, 6) is -0.416. The van der Waals surface area contributed by atoms with Gasteiger partial charge in [0.1, 0.15) is 11.9 Å². The lowest BCUT2D eigenvalue weighted by molar-refractivity contribution is -0.209. The number of halogens is 2. The Morgan fingerprint density at radius 2 is 2.29 bits per heavy atom. The minimum absolute atomic E-state index is 0.0621. The number of rotatable bonds is 5. The molecule has 4 atom stereocenters. The van der Waals surface area contributed by atoms with E-state index in [1.54, 1.807) is 12.3 Å². The fraction of sp³-hybridized carbons (Fsp3) is 0.435. The molecule has 3 unspecified atom stereocenters. The Labute approximate surface area is 205 Å². The second-order valence-corrected chi connectivity index (χ2v) is 10.3. The van der Waals surface area contributed by atoms with Crippen LogP contribution in [-0.2, 0) is 14.3 Å². The predicted octanol–water partition coefficient (Wildman–Crippen LogP) is 2.22. The minimum atomic E-state index is -0.759. The molecule has 1 N–H and O–H groups in total. The number of hydrogen-bond donors (Lipinski definition) is 1. The van der Waals surface area contributed by atoms with Crippen LogP contribution in [-0.4, -0.2) is 84.7 Å². The van der Waals surface area contributed by atoms with Crippen molar-refractivity contribution in [3.63, 3.8) is 0 Å². The second-order valence-electron chi connectivity index (χ2n) is 8.98. The molecule has 0 radical (unpaired) electrons. The summed E-state index contributed by atoms with van der Waals surface area (Å²) in [7, 11) is 3.48. The lowest BCUT2D eigenvalue weighted by Crippen LogP contribution is -2.91. The van der Waals surface area contributed by atoms with Crippen molar-refractivity contribution in [2.45, 2.75) is 23.7 Å². The highest BCUT2D eigenvalue weighted by molar-refractivity contribution is 7.11. The molecule has 4 aliphatic rings. The van der Waals surface area contributed by atoms with Gasteiger partial charge in [-0.25, -0.2) is 14.2 Å². The molecule has 3 fully saturated rings. The number of nitrogens with zero attached hydrogens (tertiary/aromatic N) is 4. The molecule has 8 nitrogen and oxygen atoms in total. The van der Waals surface area contributed by atoms with Crippen molar-refractivity contribution >= 4 is 34.7 Å². The fourth-order valence-electron chi connectivity index (χ4n) is 5.77. The molecule has 11 heteroatoms. The highest BCUT2D eigenvalue weighted by atomic mass is 35.5. The molecule has 2 aromatic rings. The van der Waals surface area contributed by atoms with E-state index in [9.17, 15) is 9.18 Å². The molecule has 178 valence electrons. The van der Waals surface area contributed by atoms with Gasteiger partial charge in [0.05, 0.1) is 37.5 Å². The zero-order valence-electron chi connectivity index (χ0n) is 18.6. The summed E-state index contributed by atoms with van der Waals surface area (Å²) in [6.07, 6.45) is 1.70. The van der Waals surface area contributed by atoms with Crippen molar-refractivity contribution in [3.05, 3.63) is 62.5 Å². The normalized spacial score (nSPS) is 30.6. The van der Waals surface area contributed by atoms with Crippen LogP contribution in [0.2, 0.25) is 5.02 Å². The van der Waals surface area contributed by atoms with Gasteiger partial charge >= 0.3 is 5.97 Å². The number of esters is 1. The van der Waals surface area contributed by atoms with Gasteiger partial charge in [-0.15, -0.1) is 11.3 Å². The topological polar surface area (TPSA) is 79.3 Å². The largest absolute Gasteiger partial charge is 0.466 e. The van der Waals surface area contributed by atoms with E-state index >= 15 is 0 Å². The van der Waals surface area contributed by atoms with Crippen molar-refractivity contribution in [2.24, 2.45) is 4.99 Å². The van der Waals surface area contributed by atoms with E-state index in [4.69, 9.17) is 26.1 Å². The van der Waals surface area contributed by atoms with Gasteiger partial charge < -0.3 is 14.8 Å². The lowest BCUT2D eigenvalue weighted by atomic mass is 9.66. The Balaban J connectivity index is 1.43. The van der Waals surface area contributed by atoms with Crippen molar-refractivity contribution in [1.29, 1.82) is 0 Å². The molecular formula is C23H23ClFN5O3S. The first-order valence-corrected chi connectivity index (χ1v) is 12.3. The van der Waals surface area contributed by atoms with Gasteiger partial charge in [-0.1, -0.05) is 17.7 Å². The van der Waals surface area contributed by atoms with Gasteiger partial charge in [-0.05, 0) is 19.2 Å². The number of carbonyl (C=O) groups is 1. The highest BCUT2D eigenvalue weighted by Gasteiger charge is 2.71. The third-order valence-corrected chi connectivity index (χ3v) is 8.59. The first-order chi connectivity index (χ1) is 16.4. The summed E-state index contributed by atoms with van der Waals surface area (Å²) in [5.41, 5.74) is 1.64. The molecule has 3 saturated heterocycles. The first-order valence-electron chi connectivity index (χ1n) is 11.0. The summed E-state index contributed by atoms with van der Waals surface area (Å²) in [5, 5.41) is 6.11. The summed E-state index contributed by atoms with van der Waals surface area (Å²) in [4.78, 5) is 27.0. The number of aliphatic imine (C=N–C) groups is 1. The van der Waals surface area contributed by atoms with Gasteiger partial charge in [0, 0.05) is 47.0 Å². The standard InChI is InChI=1S/C23H23ClFN5O3S/c1-29-9-16-23(29)11-33-10-17(23)30(16)8-15-18(22(31)32-2)19(13-4-3-12(25)7-14(13)24)28-20(27-15)21-26-5-6-34-21/h3-7,16-17,19H,8-11H2,1-2H3,(H,27,28)/t16?,17?,19-,23?/m0/s1. The fourth-order valence-corrected chi connectivity index (χ4v) is 6.63. The number of ether oxygens (including phenoxy) is 2. The number of benzene rings is 1. The Hall–Kier alpha value is -2.37. The monoisotopic (exact) mass is 503 g/mol. The van der Waals surface area contributed by atoms with Gasteiger partial charge in [0.15, 0.2) is 10.8 Å².